The summed E-state index contributed by atoms with van der Waals surface area (Å²) in [6, 6.07) is 0. The van der Waals surface area contributed by atoms with Gasteiger partial charge < -0.3 is 5.11 Å². The van der Waals surface area contributed by atoms with E-state index >= 15 is 0 Å². The molecule has 1 rings (SSSR count). The van der Waals surface area contributed by atoms with Gasteiger partial charge in [-0.2, -0.15) is 0 Å². The summed E-state index contributed by atoms with van der Waals surface area (Å²) in [7, 11) is 0. The lowest BCUT2D eigenvalue weighted by molar-refractivity contribution is 0.424. The monoisotopic (exact) mass is 251 g/mol. The van der Waals surface area contributed by atoms with E-state index in [0.29, 0.717) is 5.92 Å². The Morgan fingerprint density at radius 1 is 1.00 bits per heavy atom. The summed E-state index contributed by atoms with van der Waals surface area (Å²) in [6.07, 6.45) is 10.1. The first-order valence-electron chi connectivity index (χ1n) is 7.38. The molecule has 0 aliphatic heterocycles. The molecule has 0 aromatic heterocycles. The number of nitrogens with zero attached hydrogens (tertiary/aromatic N) is 1. The average molecular weight is 251 g/mol. The maximum absolute atomic E-state index is 9.83. The minimum atomic E-state index is -0.139. The quantitative estimate of drug-likeness (QED) is 0.540. The standard InChI is InChI=1S/C16H29NO/c1-13(18)15(17-16(2,3)4)14-11-9-7-5-6-8-10-12-14/h14,18H,1,5-12H2,2-4H3. The third-order valence-electron chi connectivity index (χ3n) is 3.49. The van der Waals surface area contributed by atoms with Crippen LogP contribution in [0, 0.1) is 5.92 Å². The highest BCUT2D eigenvalue weighted by atomic mass is 16.3. The number of aliphatic hydroxyl groups excluding tert-OH is 1. The molecule has 0 unspecified atom stereocenters. The zero-order chi connectivity index (χ0) is 13.6. The van der Waals surface area contributed by atoms with E-state index in [1.807, 2.05) is 0 Å². The van der Waals surface area contributed by atoms with E-state index in [1.54, 1.807) is 0 Å². The van der Waals surface area contributed by atoms with Crippen LogP contribution in [0.15, 0.2) is 17.3 Å². The molecule has 0 spiro atoms. The van der Waals surface area contributed by atoms with E-state index in [9.17, 15) is 5.11 Å². The highest BCUT2D eigenvalue weighted by Gasteiger charge is 2.21. The van der Waals surface area contributed by atoms with Gasteiger partial charge in [-0.15, -0.1) is 0 Å². The van der Waals surface area contributed by atoms with Gasteiger partial charge >= 0.3 is 0 Å². The molecule has 0 radical (unpaired) electrons. The molecule has 1 N–H and O–H groups in total. The van der Waals surface area contributed by atoms with Gasteiger partial charge in [-0.25, -0.2) is 0 Å². The molecule has 18 heavy (non-hydrogen) atoms. The second kappa shape index (κ2) is 6.96. The van der Waals surface area contributed by atoms with Crippen LogP contribution in [-0.4, -0.2) is 16.4 Å². The molecule has 1 saturated carbocycles. The fraction of sp³-hybridized carbons (Fsp3) is 0.812. The Morgan fingerprint density at radius 3 is 1.83 bits per heavy atom. The molecule has 0 heterocycles. The number of aliphatic imine (C=N–C) groups is 1. The lowest BCUT2D eigenvalue weighted by Gasteiger charge is -2.22. The van der Waals surface area contributed by atoms with Crippen molar-refractivity contribution in [2.45, 2.75) is 77.7 Å². The molecule has 0 atom stereocenters. The maximum Gasteiger partial charge on any atom is 0.129 e. The van der Waals surface area contributed by atoms with Crippen molar-refractivity contribution in [3.63, 3.8) is 0 Å². The second-order valence-electron chi connectivity index (χ2n) is 6.51. The normalized spacial score (nSPS) is 20.9. The van der Waals surface area contributed by atoms with Crippen LogP contribution in [0.3, 0.4) is 0 Å². The number of aliphatic hydroxyl groups is 1. The van der Waals surface area contributed by atoms with Gasteiger partial charge in [0.15, 0.2) is 0 Å². The molecule has 1 fully saturated rings. The molecular weight excluding hydrogens is 222 g/mol. The molecule has 0 saturated heterocycles. The third kappa shape index (κ3) is 5.70. The molecule has 0 aromatic carbocycles. The Labute approximate surface area is 112 Å². The zero-order valence-corrected chi connectivity index (χ0v) is 12.3. The van der Waals surface area contributed by atoms with Crippen molar-refractivity contribution in [3.8, 4) is 0 Å². The summed E-state index contributed by atoms with van der Waals surface area (Å²) in [6.45, 7) is 9.94. The van der Waals surface area contributed by atoms with E-state index in [4.69, 9.17) is 4.99 Å². The van der Waals surface area contributed by atoms with E-state index < -0.39 is 0 Å². The Morgan fingerprint density at radius 2 is 1.44 bits per heavy atom. The van der Waals surface area contributed by atoms with Crippen LogP contribution in [0.1, 0.15) is 72.1 Å². The van der Waals surface area contributed by atoms with E-state index in [-0.39, 0.29) is 11.3 Å². The molecule has 0 bridgehead atoms. The molecular formula is C16H29NO. The fourth-order valence-electron chi connectivity index (χ4n) is 2.66. The topological polar surface area (TPSA) is 32.6 Å². The molecule has 0 aromatic rings. The van der Waals surface area contributed by atoms with Gasteiger partial charge in [-0.1, -0.05) is 45.1 Å². The summed E-state index contributed by atoms with van der Waals surface area (Å²) in [5.74, 6) is 0.578. The summed E-state index contributed by atoms with van der Waals surface area (Å²) >= 11 is 0. The second-order valence-corrected chi connectivity index (χ2v) is 6.51. The van der Waals surface area contributed by atoms with Crippen LogP contribution < -0.4 is 0 Å². The Bertz CT molecular complexity index is 289. The molecule has 1 aliphatic carbocycles. The van der Waals surface area contributed by atoms with Gasteiger partial charge in [-0.3, -0.25) is 4.99 Å². The third-order valence-corrected chi connectivity index (χ3v) is 3.49. The van der Waals surface area contributed by atoms with E-state index in [2.05, 4.69) is 27.4 Å². The first-order chi connectivity index (χ1) is 8.40. The molecule has 0 amide bonds. The largest absolute Gasteiger partial charge is 0.507 e. The van der Waals surface area contributed by atoms with Gasteiger partial charge in [0.25, 0.3) is 0 Å². The SMILES string of the molecule is C=C(O)C(=NC(C)(C)C)C1CCCCCCCC1. The van der Waals surface area contributed by atoms with Crippen molar-refractivity contribution in [1.82, 2.24) is 0 Å². The van der Waals surface area contributed by atoms with E-state index in [0.717, 1.165) is 18.6 Å². The number of rotatable bonds is 2. The summed E-state index contributed by atoms with van der Waals surface area (Å²) in [5.41, 5.74) is 0.712. The van der Waals surface area contributed by atoms with Gasteiger partial charge in [0.1, 0.15) is 5.76 Å². The first kappa shape index (κ1) is 15.3. The van der Waals surface area contributed by atoms with Crippen LogP contribution in [-0.2, 0) is 0 Å². The smallest absolute Gasteiger partial charge is 0.129 e. The summed E-state index contributed by atoms with van der Waals surface area (Å²) < 4.78 is 0. The molecule has 104 valence electrons. The van der Waals surface area contributed by atoms with E-state index in [1.165, 1.54) is 38.5 Å². The van der Waals surface area contributed by atoms with Crippen LogP contribution in [0.4, 0.5) is 0 Å². The van der Waals surface area contributed by atoms with Crippen LogP contribution >= 0.6 is 0 Å². The summed E-state index contributed by atoms with van der Waals surface area (Å²) in [5, 5.41) is 9.83. The minimum Gasteiger partial charge on any atom is -0.507 e. The Balaban J connectivity index is 2.82. The minimum absolute atomic E-state index is 0.139. The fourth-order valence-corrected chi connectivity index (χ4v) is 2.66. The van der Waals surface area contributed by atoms with Crippen molar-refractivity contribution < 1.29 is 5.11 Å². The van der Waals surface area contributed by atoms with Crippen molar-refractivity contribution >= 4 is 5.71 Å². The maximum atomic E-state index is 9.83. The highest BCUT2D eigenvalue weighted by Crippen LogP contribution is 2.26. The average Bonchev–Trinajstić information content (AvgIpc) is 2.37. The van der Waals surface area contributed by atoms with Gasteiger partial charge in [0, 0.05) is 5.92 Å². The van der Waals surface area contributed by atoms with Gasteiger partial charge in [-0.05, 0) is 33.6 Å². The van der Waals surface area contributed by atoms with Crippen LogP contribution in [0.25, 0.3) is 0 Å². The van der Waals surface area contributed by atoms with Crippen molar-refractivity contribution in [2.75, 3.05) is 0 Å². The molecule has 2 nitrogen and oxygen atoms in total. The Kier molecular flexibility index (Phi) is 5.90. The lowest BCUT2D eigenvalue weighted by atomic mass is 9.90. The first-order valence-corrected chi connectivity index (χ1v) is 7.38. The Hall–Kier alpha value is -0.790. The van der Waals surface area contributed by atoms with Crippen molar-refractivity contribution in [2.24, 2.45) is 10.9 Å². The summed E-state index contributed by atoms with van der Waals surface area (Å²) in [4.78, 5) is 4.70. The van der Waals surface area contributed by atoms with Crippen molar-refractivity contribution in [1.29, 1.82) is 0 Å². The lowest BCUT2D eigenvalue weighted by Crippen LogP contribution is -2.22. The van der Waals surface area contributed by atoms with Gasteiger partial charge in [0.05, 0.1) is 11.3 Å². The molecule has 2 heteroatoms. The van der Waals surface area contributed by atoms with Crippen molar-refractivity contribution in [3.05, 3.63) is 12.3 Å². The molecule has 1 aliphatic rings. The van der Waals surface area contributed by atoms with Gasteiger partial charge in [0.2, 0.25) is 0 Å². The van der Waals surface area contributed by atoms with Crippen LogP contribution in [0.5, 0.6) is 0 Å². The van der Waals surface area contributed by atoms with Crippen LogP contribution in [0.2, 0.25) is 0 Å². The number of hydrogen-bond acceptors (Lipinski definition) is 2. The highest BCUT2D eigenvalue weighted by molar-refractivity contribution is 5.99. The predicted octanol–water partition coefficient (Wildman–Crippen LogP) is 5.05. The zero-order valence-electron chi connectivity index (χ0n) is 12.3. The number of allylic oxidation sites excluding steroid dienone is 1. The number of hydrogen-bond donors (Lipinski definition) is 1. The predicted molar refractivity (Wildman–Crippen MR) is 79.4 cm³/mol.